The number of thiophene rings is 1. The summed E-state index contributed by atoms with van der Waals surface area (Å²) < 4.78 is 2.00. The molecule has 1 amide bonds. The Morgan fingerprint density at radius 3 is 2.70 bits per heavy atom. The summed E-state index contributed by atoms with van der Waals surface area (Å²) in [7, 11) is 0. The van der Waals surface area contributed by atoms with Crippen LogP contribution in [0.15, 0.2) is 46.9 Å². The van der Waals surface area contributed by atoms with Crippen molar-refractivity contribution in [2.24, 2.45) is 0 Å². The molecule has 0 aliphatic heterocycles. The maximum atomic E-state index is 12.1. The molecule has 0 radical (unpaired) electrons. The van der Waals surface area contributed by atoms with E-state index >= 15 is 0 Å². The molecule has 1 aromatic carbocycles. The number of carbonyl (C=O) groups excluding carboxylic acids is 1. The van der Waals surface area contributed by atoms with Crippen LogP contribution in [0.25, 0.3) is 0 Å². The number of nitro benzene ring substituents is 1. The molecule has 1 N–H and O–H groups in total. The third kappa shape index (κ3) is 4.92. The zero-order valence-electron chi connectivity index (χ0n) is 14.5. The lowest BCUT2D eigenvalue weighted by atomic mass is 10.3. The average Bonchev–Trinajstić information content (AvgIpc) is 3.30. The van der Waals surface area contributed by atoms with Gasteiger partial charge in [0.2, 0.25) is 5.91 Å². The van der Waals surface area contributed by atoms with Gasteiger partial charge in [-0.2, -0.15) is 0 Å². The number of aromatic nitrogens is 3. The first-order valence-corrected chi connectivity index (χ1v) is 10.0. The van der Waals surface area contributed by atoms with Gasteiger partial charge >= 0.3 is 0 Å². The van der Waals surface area contributed by atoms with Gasteiger partial charge in [-0.1, -0.05) is 17.8 Å². The number of nitro groups is 1. The molecule has 0 bridgehead atoms. The van der Waals surface area contributed by atoms with Crippen LogP contribution in [0.4, 0.5) is 11.4 Å². The molecule has 0 spiro atoms. The van der Waals surface area contributed by atoms with Gasteiger partial charge in [0.15, 0.2) is 5.16 Å². The van der Waals surface area contributed by atoms with E-state index in [0.717, 1.165) is 12.4 Å². The van der Waals surface area contributed by atoms with Crippen LogP contribution in [0, 0.1) is 10.1 Å². The Hall–Kier alpha value is -2.72. The van der Waals surface area contributed by atoms with Gasteiger partial charge in [-0.05, 0) is 30.5 Å². The molecule has 0 aliphatic carbocycles. The van der Waals surface area contributed by atoms with Crippen LogP contribution in [0.1, 0.15) is 17.6 Å². The molecular formula is C17H17N5O3S2. The van der Waals surface area contributed by atoms with Crippen molar-refractivity contribution in [1.29, 1.82) is 0 Å². The molecule has 0 unspecified atom stereocenters. The van der Waals surface area contributed by atoms with Crippen molar-refractivity contribution in [1.82, 2.24) is 14.8 Å². The molecule has 2 heterocycles. The quantitative estimate of drug-likeness (QED) is 0.350. The highest BCUT2D eigenvalue weighted by molar-refractivity contribution is 7.99. The fourth-order valence-corrected chi connectivity index (χ4v) is 3.96. The minimum atomic E-state index is -0.479. The number of amides is 1. The van der Waals surface area contributed by atoms with Gasteiger partial charge < -0.3 is 9.88 Å². The predicted molar refractivity (Wildman–Crippen MR) is 105 cm³/mol. The van der Waals surface area contributed by atoms with Gasteiger partial charge in [0, 0.05) is 35.7 Å². The summed E-state index contributed by atoms with van der Waals surface area (Å²) in [5, 5.41) is 24.6. The Bertz CT molecular complexity index is 923. The predicted octanol–water partition coefficient (Wildman–Crippen LogP) is 3.59. The first-order valence-electron chi connectivity index (χ1n) is 8.18. The molecule has 140 valence electrons. The molecule has 2 aromatic heterocycles. The number of hydrogen-bond donors (Lipinski definition) is 1. The van der Waals surface area contributed by atoms with Crippen molar-refractivity contribution in [2.75, 3.05) is 11.1 Å². The number of anilines is 1. The van der Waals surface area contributed by atoms with Gasteiger partial charge in [-0.3, -0.25) is 14.9 Å². The minimum absolute atomic E-state index is 0.0170. The lowest BCUT2D eigenvalue weighted by Gasteiger charge is -2.07. The Kier molecular flexibility index (Phi) is 6.20. The lowest BCUT2D eigenvalue weighted by Crippen LogP contribution is -2.14. The first kappa shape index (κ1) is 19.1. The number of nitrogens with zero attached hydrogens (tertiary/aromatic N) is 4. The average molecular weight is 403 g/mol. The summed E-state index contributed by atoms with van der Waals surface area (Å²) in [5.41, 5.74) is 0.498. The number of carbonyl (C=O) groups is 1. The Balaban J connectivity index is 1.58. The van der Waals surface area contributed by atoms with Gasteiger partial charge in [-0.15, -0.1) is 21.5 Å². The van der Waals surface area contributed by atoms with Crippen LogP contribution in [0.3, 0.4) is 0 Å². The molecule has 0 saturated carbocycles. The van der Waals surface area contributed by atoms with E-state index in [1.807, 2.05) is 22.9 Å². The van der Waals surface area contributed by atoms with Crippen molar-refractivity contribution < 1.29 is 9.72 Å². The van der Waals surface area contributed by atoms with Gasteiger partial charge in [-0.25, -0.2) is 0 Å². The molecule has 8 nitrogen and oxygen atoms in total. The zero-order chi connectivity index (χ0) is 19.2. The van der Waals surface area contributed by atoms with E-state index in [9.17, 15) is 14.9 Å². The van der Waals surface area contributed by atoms with Crippen molar-refractivity contribution in [3.8, 4) is 0 Å². The normalized spacial score (nSPS) is 10.7. The van der Waals surface area contributed by atoms with E-state index in [4.69, 9.17) is 0 Å². The smallest absolute Gasteiger partial charge is 0.269 e. The van der Waals surface area contributed by atoms with Gasteiger partial charge in [0.1, 0.15) is 5.82 Å². The highest BCUT2D eigenvalue weighted by atomic mass is 32.2. The molecule has 3 aromatic rings. The third-order valence-electron chi connectivity index (χ3n) is 3.72. The fourth-order valence-electron chi connectivity index (χ4n) is 2.44. The van der Waals surface area contributed by atoms with Crippen LogP contribution >= 0.6 is 23.1 Å². The highest BCUT2D eigenvalue weighted by Gasteiger charge is 2.14. The second-order valence-electron chi connectivity index (χ2n) is 5.54. The summed E-state index contributed by atoms with van der Waals surface area (Å²) >= 11 is 2.99. The molecule has 0 aliphatic rings. The van der Waals surface area contributed by atoms with E-state index in [0.29, 0.717) is 17.3 Å². The van der Waals surface area contributed by atoms with Crippen LogP contribution in [0.2, 0.25) is 0 Å². The van der Waals surface area contributed by atoms with Crippen LogP contribution in [-0.4, -0.2) is 31.3 Å². The number of non-ortho nitro benzene ring substituents is 1. The maximum absolute atomic E-state index is 12.1. The Morgan fingerprint density at radius 2 is 2.07 bits per heavy atom. The van der Waals surface area contributed by atoms with Gasteiger partial charge in [0.25, 0.3) is 5.69 Å². The molecule has 0 atom stereocenters. The van der Waals surface area contributed by atoms with E-state index in [1.54, 1.807) is 11.3 Å². The van der Waals surface area contributed by atoms with E-state index in [-0.39, 0.29) is 17.3 Å². The van der Waals surface area contributed by atoms with Crippen molar-refractivity contribution in [3.63, 3.8) is 0 Å². The summed E-state index contributed by atoms with van der Waals surface area (Å²) in [6.45, 7) is 2.74. The lowest BCUT2D eigenvalue weighted by molar-refractivity contribution is -0.384. The first-order chi connectivity index (χ1) is 13.1. The minimum Gasteiger partial charge on any atom is -0.325 e. The molecule has 3 rings (SSSR count). The molecular weight excluding hydrogens is 386 g/mol. The Morgan fingerprint density at radius 1 is 1.30 bits per heavy atom. The number of rotatable bonds is 8. The number of thioether (sulfide) groups is 1. The molecule has 0 saturated heterocycles. The van der Waals surface area contributed by atoms with E-state index < -0.39 is 4.92 Å². The summed E-state index contributed by atoms with van der Waals surface area (Å²) in [6.07, 6.45) is 0.716. The molecule has 27 heavy (non-hydrogen) atoms. The van der Waals surface area contributed by atoms with E-state index in [1.165, 1.54) is 40.9 Å². The maximum Gasteiger partial charge on any atom is 0.269 e. The summed E-state index contributed by atoms with van der Waals surface area (Å²) in [6, 6.07) is 9.79. The van der Waals surface area contributed by atoms with Crippen LogP contribution < -0.4 is 5.32 Å². The summed E-state index contributed by atoms with van der Waals surface area (Å²) in [5.74, 6) is 0.839. The number of benzene rings is 1. The zero-order valence-corrected chi connectivity index (χ0v) is 16.1. The molecule has 0 fully saturated rings. The number of hydrogen-bond acceptors (Lipinski definition) is 7. The SMILES string of the molecule is CCn1c(Cc2cccs2)nnc1SCC(=O)Nc1ccc([N+](=O)[O-])cc1. The van der Waals surface area contributed by atoms with Gasteiger partial charge in [0.05, 0.1) is 10.7 Å². The topological polar surface area (TPSA) is 103 Å². The van der Waals surface area contributed by atoms with Crippen molar-refractivity contribution in [3.05, 3.63) is 62.6 Å². The standard InChI is InChI=1S/C17H17N5O3S2/c1-2-21-15(10-14-4-3-9-26-14)19-20-17(21)27-11-16(23)18-12-5-7-13(8-6-12)22(24)25/h3-9H,2,10-11H2,1H3,(H,18,23). The van der Waals surface area contributed by atoms with Crippen molar-refractivity contribution >= 4 is 40.4 Å². The van der Waals surface area contributed by atoms with Crippen molar-refractivity contribution in [2.45, 2.75) is 25.0 Å². The molecule has 10 heteroatoms. The van der Waals surface area contributed by atoms with Crippen LogP contribution in [-0.2, 0) is 17.8 Å². The second kappa shape index (κ2) is 8.78. The fraction of sp³-hybridized carbons (Fsp3) is 0.235. The monoisotopic (exact) mass is 403 g/mol. The second-order valence-corrected chi connectivity index (χ2v) is 7.51. The van der Waals surface area contributed by atoms with Crippen LogP contribution in [0.5, 0.6) is 0 Å². The summed E-state index contributed by atoms with van der Waals surface area (Å²) in [4.78, 5) is 23.5. The third-order valence-corrected chi connectivity index (χ3v) is 5.56. The highest BCUT2D eigenvalue weighted by Crippen LogP contribution is 2.21. The van der Waals surface area contributed by atoms with E-state index in [2.05, 4.69) is 21.6 Å². The largest absolute Gasteiger partial charge is 0.325 e. The number of nitrogens with one attached hydrogen (secondary N) is 1. The Labute approximate surface area is 163 Å².